The smallest absolute Gasteiger partial charge is 0.161 e. The molecule has 1 aromatic carbocycles. The summed E-state index contributed by atoms with van der Waals surface area (Å²) in [5.41, 5.74) is 5.40. The molecule has 1 aliphatic rings. The van der Waals surface area contributed by atoms with Crippen LogP contribution in [0.4, 0.5) is 11.5 Å². The molecule has 0 saturated carbocycles. The molecule has 5 heterocycles. The normalized spacial score (nSPS) is 15.1. The van der Waals surface area contributed by atoms with Crippen LogP contribution in [0, 0.1) is 0 Å². The lowest BCUT2D eigenvalue weighted by molar-refractivity contribution is 0.0342. The summed E-state index contributed by atoms with van der Waals surface area (Å²) in [6, 6.07) is 8.30. The number of benzene rings is 1. The Morgan fingerprint density at radius 1 is 1.13 bits per heavy atom. The first-order valence-electron chi connectivity index (χ1n) is 10.2. The molecule has 1 fully saturated rings. The number of H-pyrrole nitrogens is 3. The second-order valence-electron chi connectivity index (χ2n) is 7.56. The van der Waals surface area contributed by atoms with Gasteiger partial charge in [-0.1, -0.05) is 6.07 Å². The van der Waals surface area contributed by atoms with Crippen molar-refractivity contribution in [1.29, 1.82) is 0 Å². The number of hydrogen-bond donors (Lipinski definition) is 4. The van der Waals surface area contributed by atoms with E-state index in [0.717, 1.165) is 60.6 Å². The molecule has 156 valence electrons. The van der Waals surface area contributed by atoms with Crippen molar-refractivity contribution in [2.24, 2.45) is 0 Å². The SMILES string of the molecule is c1nc(Nc2c[nH]nc2-c2nc3cc(CN4CCOCC4)ccc3[nH]2)c2cc[nH]c2n1. The molecule has 0 radical (unpaired) electrons. The lowest BCUT2D eigenvalue weighted by Gasteiger charge is -2.26. The molecule has 1 saturated heterocycles. The lowest BCUT2D eigenvalue weighted by atomic mass is 10.2. The van der Waals surface area contributed by atoms with Crippen molar-refractivity contribution in [1.82, 2.24) is 40.0 Å². The van der Waals surface area contributed by atoms with Gasteiger partial charge in [-0.2, -0.15) is 5.10 Å². The van der Waals surface area contributed by atoms with Crippen LogP contribution in [0.15, 0.2) is 43.0 Å². The summed E-state index contributed by atoms with van der Waals surface area (Å²) in [6.45, 7) is 4.42. The van der Waals surface area contributed by atoms with Gasteiger partial charge in [-0.25, -0.2) is 15.0 Å². The van der Waals surface area contributed by atoms with E-state index in [1.165, 1.54) is 11.9 Å². The second kappa shape index (κ2) is 7.49. The summed E-state index contributed by atoms with van der Waals surface area (Å²) in [6.07, 6.45) is 5.17. The Morgan fingerprint density at radius 3 is 3.00 bits per heavy atom. The fourth-order valence-corrected chi connectivity index (χ4v) is 3.94. The van der Waals surface area contributed by atoms with Crippen molar-refractivity contribution in [3.63, 3.8) is 0 Å². The molecule has 10 heteroatoms. The fraction of sp³-hybridized carbons (Fsp3) is 0.238. The summed E-state index contributed by atoms with van der Waals surface area (Å²) in [5.74, 6) is 1.40. The van der Waals surface area contributed by atoms with Gasteiger partial charge in [-0.3, -0.25) is 10.00 Å². The Morgan fingerprint density at radius 2 is 2.06 bits per heavy atom. The number of rotatable bonds is 5. The second-order valence-corrected chi connectivity index (χ2v) is 7.56. The fourth-order valence-electron chi connectivity index (χ4n) is 3.94. The third-order valence-electron chi connectivity index (χ3n) is 5.53. The third kappa shape index (κ3) is 3.41. The van der Waals surface area contributed by atoms with Crippen LogP contribution in [0.2, 0.25) is 0 Å². The van der Waals surface area contributed by atoms with Crippen LogP contribution < -0.4 is 5.32 Å². The van der Waals surface area contributed by atoms with Crippen molar-refractivity contribution in [3.8, 4) is 11.5 Å². The van der Waals surface area contributed by atoms with Crippen LogP contribution in [-0.4, -0.2) is 66.3 Å². The standard InChI is InChI=1S/C21H21N9O/c1-2-15-16(9-13(1)11-30-5-7-31-8-6-30)27-21(26-15)18-17(10-25-29-18)28-20-14-3-4-22-19(14)23-12-24-20/h1-4,9-10,12H,5-8,11H2,(H,25,29)(H,26,27)(H2,22,23,24,28). The van der Waals surface area contributed by atoms with Gasteiger partial charge in [0, 0.05) is 32.0 Å². The van der Waals surface area contributed by atoms with E-state index in [4.69, 9.17) is 9.72 Å². The number of aromatic nitrogens is 7. The van der Waals surface area contributed by atoms with Gasteiger partial charge in [-0.05, 0) is 23.8 Å². The van der Waals surface area contributed by atoms with Crippen molar-refractivity contribution in [3.05, 3.63) is 48.5 Å². The first-order valence-corrected chi connectivity index (χ1v) is 10.2. The number of fused-ring (bicyclic) bond motifs is 2. The van der Waals surface area contributed by atoms with Crippen LogP contribution in [0.25, 0.3) is 33.6 Å². The number of nitrogens with one attached hydrogen (secondary N) is 4. The maximum Gasteiger partial charge on any atom is 0.161 e. The van der Waals surface area contributed by atoms with Gasteiger partial charge in [0.05, 0.1) is 35.3 Å². The molecular formula is C21H21N9O. The predicted molar refractivity (Wildman–Crippen MR) is 117 cm³/mol. The molecule has 0 unspecified atom stereocenters. The molecule has 31 heavy (non-hydrogen) atoms. The highest BCUT2D eigenvalue weighted by Crippen LogP contribution is 2.29. The molecule has 0 amide bonds. The van der Waals surface area contributed by atoms with Gasteiger partial charge in [-0.15, -0.1) is 0 Å². The number of ether oxygens (including phenoxy) is 1. The number of imidazole rings is 1. The highest BCUT2D eigenvalue weighted by atomic mass is 16.5. The van der Waals surface area contributed by atoms with Crippen molar-refractivity contribution < 1.29 is 4.74 Å². The molecular weight excluding hydrogens is 394 g/mol. The predicted octanol–water partition coefficient (Wildman–Crippen LogP) is 2.80. The third-order valence-corrected chi connectivity index (χ3v) is 5.53. The van der Waals surface area contributed by atoms with E-state index in [1.54, 1.807) is 6.20 Å². The molecule has 0 aliphatic carbocycles. The molecule has 0 bridgehead atoms. The largest absolute Gasteiger partial charge is 0.379 e. The first kappa shape index (κ1) is 18.0. The van der Waals surface area contributed by atoms with E-state index in [1.807, 2.05) is 12.3 Å². The molecule has 0 atom stereocenters. The quantitative estimate of drug-likeness (QED) is 0.348. The van der Waals surface area contributed by atoms with Crippen molar-refractivity contribution >= 4 is 33.6 Å². The van der Waals surface area contributed by atoms with Gasteiger partial charge < -0.3 is 20.0 Å². The van der Waals surface area contributed by atoms with Crippen LogP contribution in [-0.2, 0) is 11.3 Å². The lowest BCUT2D eigenvalue weighted by Crippen LogP contribution is -2.35. The Labute approximate surface area is 177 Å². The molecule has 10 nitrogen and oxygen atoms in total. The zero-order valence-corrected chi connectivity index (χ0v) is 16.7. The zero-order chi connectivity index (χ0) is 20.6. The molecule has 5 aromatic rings. The summed E-state index contributed by atoms with van der Waals surface area (Å²) < 4.78 is 5.44. The number of anilines is 2. The van der Waals surface area contributed by atoms with Crippen LogP contribution >= 0.6 is 0 Å². The van der Waals surface area contributed by atoms with Crippen molar-refractivity contribution in [2.45, 2.75) is 6.54 Å². The molecule has 4 aromatic heterocycles. The van der Waals surface area contributed by atoms with Gasteiger partial charge in [0.2, 0.25) is 0 Å². The van der Waals surface area contributed by atoms with E-state index in [0.29, 0.717) is 17.3 Å². The highest BCUT2D eigenvalue weighted by molar-refractivity contribution is 5.90. The maximum atomic E-state index is 5.44. The number of morpholine rings is 1. The van der Waals surface area contributed by atoms with Crippen LogP contribution in [0.3, 0.4) is 0 Å². The van der Waals surface area contributed by atoms with Crippen molar-refractivity contribution in [2.75, 3.05) is 31.6 Å². The Hall–Kier alpha value is -3.76. The van der Waals surface area contributed by atoms with Gasteiger partial charge in [0.25, 0.3) is 0 Å². The summed E-state index contributed by atoms with van der Waals surface area (Å²) in [7, 11) is 0. The Kier molecular flexibility index (Phi) is 4.36. The van der Waals surface area contributed by atoms with E-state index in [2.05, 4.69) is 58.5 Å². The minimum Gasteiger partial charge on any atom is -0.379 e. The Bertz CT molecular complexity index is 1350. The molecule has 0 spiro atoms. The van der Waals surface area contributed by atoms with Crippen LogP contribution in [0.5, 0.6) is 0 Å². The van der Waals surface area contributed by atoms with Gasteiger partial charge in [0.15, 0.2) is 11.5 Å². The highest BCUT2D eigenvalue weighted by Gasteiger charge is 2.16. The monoisotopic (exact) mass is 415 g/mol. The summed E-state index contributed by atoms with van der Waals surface area (Å²) in [5, 5.41) is 11.6. The Balaban J connectivity index is 1.29. The zero-order valence-electron chi connectivity index (χ0n) is 16.7. The first-order chi connectivity index (χ1) is 15.3. The topological polar surface area (TPSA) is 123 Å². The van der Waals surface area contributed by atoms with Gasteiger partial charge in [0.1, 0.15) is 17.8 Å². The average molecular weight is 415 g/mol. The van der Waals surface area contributed by atoms with E-state index in [9.17, 15) is 0 Å². The molecule has 4 N–H and O–H groups in total. The number of hydrogen-bond acceptors (Lipinski definition) is 7. The summed E-state index contributed by atoms with van der Waals surface area (Å²) in [4.78, 5) is 22.3. The number of nitrogens with zero attached hydrogens (tertiary/aromatic N) is 5. The minimum atomic E-state index is 0.696. The van der Waals surface area contributed by atoms with Gasteiger partial charge >= 0.3 is 0 Å². The van der Waals surface area contributed by atoms with Crippen LogP contribution in [0.1, 0.15) is 5.56 Å². The number of aromatic amines is 3. The maximum absolute atomic E-state index is 5.44. The molecule has 6 rings (SSSR count). The van der Waals surface area contributed by atoms with E-state index in [-0.39, 0.29) is 0 Å². The van der Waals surface area contributed by atoms with E-state index >= 15 is 0 Å². The minimum absolute atomic E-state index is 0.696. The van der Waals surface area contributed by atoms with E-state index < -0.39 is 0 Å². The molecule has 1 aliphatic heterocycles. The summed E-state index contributed by atoms with van der Waals surface area (Å²) >= 11 is 0. The average Bonchev–Trinajstić information content (AvgIpc) is 3.53.